The van der Waals surface area contributed by atoms with Crippen LogP contribution in [-0.4, -0.2) is 40.2 Å². The number of nitrogen functional groups attached to an aromatic ring is 1. The number of terminal acetylenes is 1. The third-order valence-corrected chi connectivity index (χ3v) is 7.19. The number of nitrogens with two attached hydrogens (primary N) is 1. The van der Waals surface area contributed by atoms with Crippen LogP contribution in [0.5, 0.6) is 0 Å². The van der Waals surface area contributed by atoms with Crippen LogP contribution in [-0.2, 0) is 21.4 Å². The first-order chi connectivity index (χ1) is 15.5. The summed E-state index contributed by atoms with van der Waals surface area (Å²) >= 11 is 0. The summed E-state index contributed by atoms with van der Waals surface area (Å²) < 4.78 is 11.4. The maximum Gasteiger partial charge on any atom is 0.207 e. The summed E-state index contributed by atoms with van der Waals surface area (Å²) in [7, 11) is 0. The van der Waals surface area contributed by atoms with Crippen molar-refractivity contribution in [2.24, 2.45) is 5.92 Å². The van der Waals surface area contributed by atoms with Crippen molar-refractivity contribution in [3.05, 3.63) is 17.0 Å². The highest BCUT2D eigenvalue weighted by atomic mass is 16.5. The van der Waals surface area contributed by atoms with E-state index in [1.807, 2.05) is 6.92 Å². The van der Waals surface area contributed by atoms with Crippen LogP contribution in [0.1, 0.15) is 61.9 Å². The molecule has 3 atom stereocenters. The van der Waals surface area contributed by atoms with Crippen LogP contribution < -0.4 is 11.1 Å². The fourth-order valence-corrected chi connectivity index (χ4v) is 5.42. The number of Topliss-reactive ketones (excluding diaryl/α,β-unsaturated/α-hetero) is 1. The van der Waals surface area contributed by atoms with Crippen LogP contribution in [0.15, 0.2) is 4.52 Å². The molecule has 32 heavy (non-hydrogen) atoms. The van der Waals surface area contributed by atoms with Crippen molar-refractivity contribution in [2.75, 3.05) is 24.3 Å². The molecule has 2 aliphatic carbocycles. The first-order valence-electron chi connectivity index (χ1n) is 11.5. The summed E-state index contributed by atoms with van der Waals surface area (Å²) in [6, 6.07) is 0.0148. The topological polar surface area (TPSA) is 116 Å². The molecule has 2 aromatic rings. The normalized spacial score (nSPS) is 27.7. The Balaban J connectivity index is 1.49. The highest BCUT2D eigenvalue weighted by Gasteiger charge is 2.47. The highest BCUT2D eigenvalue weighted by molar-refractivity contribution is 5.91. The highest BCUT2D eigenvalue weighted by Crippen LogP contribution is 2.47. The monoisotopic (exact) mass is 435 g/mol. The number of aromatic nitrogens is 3. The molecule has 3 N–H and O–H groups in total. The maximum atomic E-state index is 12.9. The molecule has 1 aliphatic heterocycles. The number of carbonyl (C=O) groups excluding carboxylic acids is 1. The molecule has 3 aliphatic rings. The van der Waals surface area contributed by atoms with Crippen molar-refractivity contribution >= 4 is 17.3 Å². The minimum Gasteiger partial charge on any atom is -0.394 e. The number of hydrogen-bond acceptors (Lipinski definition) is 8. The van der Waals surface area contributed by atoms with Crippen LogP contribution >= 0.6 is 0 Å². The summed E-state index contributed by atoms with van der Waals surface area (Å²) in [5, 5.41) is 7.80. The van der Waals surface area contributed by atoms with Gasteiger partial charge in [0.2, 0.25) is 11.6 Å². The lowest BCUT2D eigenvalue weighted by Crippen LogP contribution is -2.41. The van der Waals surface area contributed by atoms with Crippen molar-refractivity contribution in [1.82, 2.24) is 15.1 Å². The molecule has 2 fully saturated rings. The van der Waals surface area contributed by atoms with Gasteiger partial charge in [0.25, 0.3) is 0 Å². The summed E-state index contributed by atoms with van der Waals surface area (Å²) in [5.74, 6) is 4.66. The average molecular weight is 436 g/mol. The van der Waals surface area contributed by atoms with Gasteiger partial charge in [-0.25, -0.2) is 9.97 Å². The van der Waals surface area contributed by atoms with Crippen LogP contribution in [0.3, 0.4) is 0 Å². The average Bonchev–Trinajstić information content (AvgIpc) is 3.24. The fourth-order valence-electron chi connectivity index (χ4n) is 5.42. The van der Waals surface area contributed by atoms with E-state index >= 15 is 0 Å². The summed E-state index contributed by atoms with van der Waals surface area (Å²) in [6.45, 7) is 2.96. The molecule has 168 valence electrons. The zero-order chi connectivity index (χ0) is 22.3. The van der Waals surface area contributed by atoms with E-state index in [9.17, 15) is 4.79 Å². The second-order valence-electron chi connectivity index (χ2n) is 9.28. The van der Waals surface area contributed by atoms with E-state index < -0.39 is 5.41 Å². The quantitative estimate of drug-likeness (QED) is 0.706. The Morgan fingerprint density at radius 3 is 2.84 bits per heavy atom. The van der Waals surface area contributed by atoms with Gasteiger partial charge < -0.3 is 20.3 Å². The first-order valence-corrected chi connectivity index (χ1v) is 11.5. The lowest BCUT2D eigenvalue weighted by molar-refractivity contribution is -0.127. The first kappa shape index (κ1) is 21.0. The molecule has 8 heteroatoms. The van der Waals surface area contributed by atoms with Gasteiger partial charge in [-0.05, 0) is 45.4 Å². The fraction of sp³-hybridized carbons (Fsp3) is 0.583. The maximum absolute atomic E-state index is 12.9. The predicted molar refractivity (Wildman–Crippen MR) is 120 cm³/mol. The van der Waals surface area contributed by atoms with Gasteiger partial charge in [0.05, 0.1) is 36.1 Å². The van der Waals surface area contributed by atoms with Crippen LogP contribution in [0, 0.1) is 25.2 Å². The molecular formula is C24H29N5O3. The number of rotatable bonds is 3. The largest absolute Gasteiger partial charge is 0.394 e. The Hall–Kier alpha value is -2.92. The lowest BCUT2D eigenvalue weighted by Gasteiger charge is -2.37. The van der Waals surface area contributed by atoms with Crippen molar-refractivity contribution < 1.29 is 14.1 Å². The van der Waals surface area contributed by atoms with E-state index in [0.717, 1.165) is 56.2 Å². The Bertz CT molecular complexity index is 1090. The molecule has 0 radical (unpaired) electrons. The number of fused-ring (bicyclic) bond motifs is 2. The van der Waals surface area contributed by atoms with Gasteiger partial charge in [-0.3, -0.25) is 4.79 Å². The molecule has 5 rings (SSSR count). The summed E-state index contributed by atoms with van der Waals surface area (Å²) in [5.41, 5.74) is 8.71. The Morgan fingerprint density at radius 1 is 1.19 bits per heavy atom. The van der Waals surface area contributed by atoms with E-state index in [4.69, 9.17) is 26.4 Å². The van der Waals surface area contributed by atoms with E-state index in [0.29, 0.717) is 54.2 Å². The van der Waals surface area contributed by atoms with E-state index in [2.05, 4.69) is 21.4 Å². The third-order valence-electron chi connectivity index (χ3n) is 7.19. The van der Waals surface area contributed by atoms with E-state index in [1.54, 1.807) is 0 Å². The van der Waals surface area contributed by atoms with Gasteiger partial charge in [-0.15, -0.1) is 12.3 Å². The summed E-state index contributed by atoms with van der Waals surface area (Å²) in [4.78, 5) is 22.3. The number of nitrogens with one attached hydrogen (secondary N) is 1. The molecule has 3 heterocycles. The standard InChI is InChI=1S/C24H29N5O3/c1-3-15-11-16(13-31-12-15)27-22-19(25)14(2)26-23(28-22)20-17-7-6-10-24(21(17)29-32-20)9-5-4-8-18(24)30/h1,15-16H,4-13,25H2,2H3,(H,26,27,28)/t15-,16+,24+/m0/s1. The van der Waals surface area contributed by atoms with Crippen LogP contribution in [0.25, 0.3) is 11.6 Å². The van der Waals surface area contributed by atoms with Crippen molar-refractivity contribution in [2.45, 2.75) is 69.7 Å². The molecule has 2 aromatic heterocycles. The van der Waals surface area contributed by atoms with Gasteiger partial charge in [-0.1, -0.05) is 11.6 Å². The number of ketones is 1. The van der Waals surface area contributed by atoms with Gasteiger partial charge in [0, 0.05) is 17.9 Å². The Morgan fingerprint density at radius 2 is 2.03 bits per heavy atom. The number of nitrogens with zero attached hydrogens (tertiary/aromatic N) is 3. The molecular weight excluding hydrogens is 406 g/mol. The minimum atomic E-state index is -0.499. The minimum absolute atomic E-state index is 0.0148. The smallest absolute Gasteiger partial charge is 0.207 e. The van der Waals surface area contributed by atoms with E-state index in [1.165, 1.54) is 0 Å². The molecule has 1 spiro atoms. The van der Waals surface area contributed by atoms with Gasteiger partial charge >= 0.3 is 0 Å². The Kier molecular flexibility index (Phi) is 5.38. The van der Waals surface area contributed by atoms with Crippen LogP contribution in [0.4, 0.5) is 11.5 Å². The van der Waals surface area contributed by atoms with Crippen molar-refractivity contribution in [3.63, 3.8) is 0 Å². The predicted octanol–water partition coefficient (Wildman–Crippen LogP) is 3.19. The zero-order valence-corrected chi connectivity index (χ0v) is 18.4. The van der Waals surface area contributed by atoms with Gasteiger partial charge in [-0.2, -0.15) is 0 Å². The molecule has 0 unspecified atom stereocenters. The van der Waals surface area contributed by atoms with Gasteiger partial charge in [0.15, 0.2) is 5.82 Å². The van der Waals surface area contributed by atoms with Crippen molar-refractivity contribution in [3.8, 4) is 23.9 Å². The number of aryl methyl sites for hydroxylation is 1. The second-order valence-corrected chi connectivity index (χ2v) is 9.28. The third kappa shape index (κ3) is 3.45. The zero-order valence-electron chi connectivity index (χ0n) is 18.4. The number of hydrogen-bond donors (Lipinski definition) is 2. The SMILES string of the molecule is C#C[C@@H]1COC[C@H](Nc2nc(-c3onc4c3CCC[C@@]43CCCCC3=O)nc(C)c2N)C1. The van der Waals surface area contributed by atoms with E-state index in [-0.39, 0.29) is 12.0 Å². The molecule has 1 saturated heterocycles. The Labute approximate surface area is 187 Å². The number of carbonyl (C=O) groups is 1. The molecule has 0 bridgehead atoms. The van der Waals surface area contributed by atoms with Crippen LogP contribution in [0.2, 0.25) is 0 Å². The molecule has 0 amide bonds. The van der Waals surface area contributed by atoms with Gasteiger partial charge in [0.1, 0.15) is 11.5 Å². The van der Waals surface area contributed by atoms with Crippen molar-refractivity contribution in [1.29, 1.82) is 0 Å². The summed E-state index contributed by atoms with van der Waals surface area (Å²) in [6.07, 6.45) is 12.4. The lowest BCUT2D eigenvalue weighted by atomic mass is 9.64. The molecule has 1 saturated carbocycles. The molecule has 0 aromatic carbocycles. The second kappa shape index (κ2) is 8.21. The number of anilines is 2. The number of ether oxygens (including phenoxy) is 1. The molecule has 8 nitrogen and oxygen atoms in total.